The zero-order valence-corrected chi connectivity index (χ0v) is 11.8. The first-order valence-corrected chi connectivity index (χ1v) is 8.62. The molecule has 1 nitrogen and oxygen atoms in total. The van der Waals surface area contributed by atoms with Crippen molar-refractivity contribution in [3.8, 4) is 0 Å². The molecule has 0 radical (unpaired) electrons. The van der Waals surface area contributed by atoms with Crippen LogP contribution in [0.15, 0.2) is 0 Å². The highest BCUT2D eigenvalue weighted by molar-refractivity contribution is 7.99. The van der Waals surface area contributed by atoms with E-state index in [2.05, 4.69) is 11.8 Å². The number of carbonyl (C=O) groups is 1. The minimum atomic E-state index is 0.421. The Morgan fingerprint density at radius 2 is 1.47 bits per heavy atom. The van der Waals surface area contributed by atoms with Gasteiger partial charge in [0.05, 0.1) is 0 Å². The van der Waals surface area contributed by atoms with Crippen LogP contribution in [0.2, 0.25) is 0 Å². The van der Waals surface area contributed by atoms with Gasteiger partial charge in [-0.25, -0.2) is 0 Å². The fourth-order valence-corrected chi connectivity index (χ4v) is 4.38. The maximum absolute atomic E-state index is 12.3. The van der Waals surface area contributed by atoms with E-state index < -0.39 is 0 Å². The molecule has 0 atom stereocenters. The Bertz CT molecular complexity index is 225. The number of ketones is 1. The van der Waals surface area contributed by atoms with Crippen molar-refractivity contribution < 1.29 is 4.79 Å². The van der Waals surface area contributed by atoms with Crippen LogP contribution in [-0.2, 0) is 4.79 Å². The van der Waals surface area contributed by atoms with E-state index in [4.69, 9.17) is 0 Å². The lowest BCUT2D eigenvalue weighted by molar-refractivity contribution is -0.124. The number of Topliss-reactive ketones (excluding diaryl/α,β-unsaturated/α-hetero) is 1. The van der Waals surface area contributed by atoms with E-state index in [9.17, 15) is 4.79 Å². The lowest BCUT2D eigenvalue weighted by atomic mass is 9.83. The number of thioether (sulfide) groups is 1. The third-order valence-corrected chi connectivity index (χ3v) is 5.44. The lowest BCUT2D eigenvalue weighted by Gasteiger charge is -2.24. The van der Waals surface area contributed by atoms with Gasteiger partial charge in [-0.05, 0) is 43.1 Å². The van der Waals surface area contributed by atoms with E-state index in [1.54, 1.807) is 0 Å². The number of hydrogen-bond acceptors (Lipinski definition) is 2. The monoisotopic (exact) mass is 254 g/mol. The quantitative estimate of drug-likeness (QED) is 0.740. The second-order valence-electron chi connectivity index (χ2n) is 5.77. The Hall–Kier alpha value is 0.0200. The summed E-state index contributed by atoms with van der Waals surface area (Å²) in [5.74, 6) is 4.30. The summed E-state index contributed by atoms with van der Waals surface area (Å²) in [6.45, 7) is 0. The molecule has 1 aliphatic carbocycles. The largest absolute Gasteiger partial charge is 0.299 e. The molecular formula is C15H26OS. The molecule has 0 aromatic rings. The van der Waals surface area contributed by atoms with Crippen LogP contribution < -0.4 is 0 Å². The van der Waals surface area contributed by atoms with Gasteiger partial charge in [-0.15, -0.1) is 0 Å². The van der Waals surface area contributed by atoms with Crippen LogP contribution in [0.3, 0.4) is 0 Å². The maximum atomic E-state index is 12.3. The third kappa shape index (κ3) is 4.65. The van der Waals surface area contributed by atoms with Crippen LogP contribution in [0.4, 0.5) is 0 Å². The van der Waals surface area contributed by atoms with E-state index in [1.807, 2.05) is 0 Å². The molecule has 2 rings (SSSR count). The summed E-state index contributed by atoms with van der Waals surface area (Å²) in [6, 6.07) is 0. The van der Waals surface area contributed by atoms with Crippen molar-refractivity contribution >= 4 is 17.5 Å². The maximum Gasteiger partial charge on any atom is 0.136 e. The van der Waals surface area contributed by atoms with Crippen molar-refractivity contribution in [1.29, 1.82) is 0 Å². The molecular weight excluding hydrogens is 228 g/mol. The standard InChI is InChI=1S/C15H26OS/c16-15(12-13-8-10-17-11-9-13)14-6-4-2-1-3-5-7-14/h13-14H,1-12H2. The average Bonchev–Trinajstić information content (AvgIpc) is 2.29. The molecule has 0 N–H and O–H groups in total. The summed E-state index contributed by atoms with van der Waals surface area (Å²) >= 11 is 2.06. The first kappa shape index (κ1) is 13.5. The van der Waals surface area contributed by atoms with Gasteiger partial charge in [-0.1, -0.05) is 32.1 Å². The van der Waals surface area contributed by atoms with Crippen molar-refractivity contribution in [2.24, 2.45) is 11.8 Å². The number of carbonyl (C=O) groups excluding carboxylic acids is 1. The second kappa shape index (κ2) is 7.45. The van der Waals surface area contributed by atoms with Crippen LogP contribution in [0.25, 0.3) is 0 Å². The van der Waals surface area contributed by atoms with Gasteiger partial charge in [-0.3, -0.25) is 4.79 Å². The van der Waals surface area contributed by atoms with Crippen molar-refractivity contribution in [2.45, 2.75) is 64.2 Å². The number of hydrogen-bond donors (Lipinski definition) is 0. The Morgan fingerprint density at radius 1 is 0.882 bits per heavy atom. The van der Waals surface area contributed by atoms with E-state index in [0.29, 0.717) is 17.6 Å². The average molecular weight is 254 g/mol. The summed E-state index contributed by atoms with van der Waals surface area (Å²) in [5.41, 5.74) is 0. The Balaban J connectivity index is 1.76. The van der Waals surface area contributed by atoms with Crippen LogP contribution >= 0.6 is 11.8 Å². The normalized spacial score (nSPS) is 25.2. The predicted molar refractivity (Wildman–Crippen MR) is 75.5 cm³/mol. The fourth-order valence-electron chi connectivity index (χ4n) is 3.18. The summed E-state index contributed by atoms with van der Waals surface area (Å²) in [6.07, 6.45) is 12.5. The Kier molecular flexibility index (Phi) is 5.90. The van der Waals surface area contributed by atoms with Crippen LogP contribution in [0.5, 0.6) is 0 Å². The van der Waals surface area contributed by atoms with Gasteiger partial charge in [0.15, 0.2) is 0 Å². The summed E-state index contributed by atoms with van der Waals surface area (Å²) in [7, 11) is 0. The van der Waals surface area contributed by atoms with Gasteiger partial charge in [0.25, 0.3) is 0 Å². The molecule has 1 heterocycles. The van der Waals surface area contributed by atoms with Crippen molar-refractivity contribution in [3.63, 3.8) is 0 Å². The highest BCUT2D eigenvalue weighted by atomic mass is 32.2. The van der Waals surface area contributed by atoms with E-state index >= 15 is 0 Å². The predicted octanol–water partition coefficient (Wildman–Crippen LogP) is 4.45. The van der Waals surface area contributed by atoms with Gasteiger partial charge in [0.1, 0.15) is 5.78 Å². The molecule has 2 aliphatic rings. The molecule has 17 heavy (non-hydrogen) atoms. The smallest absolute Gasteiger partial charge is 0.136 e. The molecule has 1 saturated carbocycles. The van der Waals surface area contributed by atoms with Gasteiger partial charge in [0.2, 0.25) is 0 Å². The molecule has 1 aliphatic heterocycles. The van der Waals surface area contributed by atoms with E-state index in [1.165, 1.54) is 69.3 Å². The molecule has 0 spiro atoms. The molecule has 2 heteroatoms. The first-order chi connectivity index (χ1) is 8.36. The van der Waals surface area contributed by atoms with E-state index in [-0.39, 0.29) is 0 Å². The number of rotatable bonds is 3. The van der Waals surface area contributed by atoms with Crippen molar-refractivity contribution in [1.82, 2.24) is 0 Å². The zero-order valence-electron chi connectivity index (χ0n) is 11.0. The van der Waals surface area contributed by atoms with Crippen LogP contribution in [-0.4, -0.2) is 17.3 Å². The highest BCUT2D eigenvalue weighted by Crippen LogP contribution is 2.29. The molecule has 98 valence electrons. The minimum Gasteiger partial charge on any atom is -0.299 e. The summed E-state index contributed by atoms with van der Waals surface area (Å²) in [5, 5.41) is 0. The summed E-state index contributed by atoms with van der Waals surface area (Å²) in [4.78, 5) is 12.3. The molecule has 0 bridgehead atoms. The first-order valence-electron chi connectivity index (χ1n) is 7.46. The van der Waals surface area contributed by atoms with Crippen LogP contribution in [0.1, 0.15) is 64.2 Å². The van der Waals surface area contributed by atoms with Crippen molar-refractivity contribution in [3.05, 3.63) is 0 Å². The fraction of sp³-hybridized carbons (Fsp3) is 0.933. The van der Waals surface area contributed by atoms with Gasteiger partial charge >= 0.3 is 0 Å². The Morgan fingerprint density at radius 3 is 2.12 bits per heavy atom. The summed E-state index contributed by atoms with van der Waals surface area (Å²) < 4.78 is 0. The molecule has 0 aromatic carbocycles. The molecule has 0 unspecified atom stereocenters. The van der Waals surface area contributed by atoms with Gasteiger partial charge in [-0.2, -0.15) is 11.8 Å². The molecule has 1 saturated heterocycles. The van der Waals surface area contributed by atoms with Gasteiger partial charge < -0.3 is 0 Å². The molecule has 0 amide bonds. The molecule has 0 aromatic heterocycles. The minimum absolute atomic E-state index is 0.421. The zero-order chi connectivity index (χ0) is 11.9. The van der Waals surface area contributed by atoms with Crippen LogP contribution in [0, 0.1) is 11.8 Å². The van der Waals surface area contributed by atoms with E-state index in [0.717, 1.165) is 6.42 Å². The SMILES string of the molecule is O=C(CC1CCSCC1)C1CCCCCCC1. The highest BCUT2D eigenvalue weighted by Gasteiger charge is 2.23. The van der Waals surface area contributed by atoms with Crippen molar-refractivity contribution in [2.75, 3.05) is 11.5 Å². The van der Waals surface area contributed by atoms with Gasteiger partial charge in [0, 0.05) is 12.3 Å². The molecule has 2 fully saturated rings. The Labute approximate surface area is 110 Å². The topological polar surface area (TPSA) is 17.1 Å². The lowest BCUT2D eigenvalue weighted by Crippen LogP contribution is -2.21. The second-order valence-corrected chi connectivity index (χ2v) is 6.99. The third-order valence-electron chi connectivity index (χ3n) is 4.39.